The van der Waals surface area contributed by atoms with Crippen LogP contribution >= 0.6 is 24.0 Å². The molecule has 150 valence electrons. The van der Waals surface area contributed by atoms with Crippen molar-refractivity contribution in [3.63, 3.8) is 0 Å². The molecule has 0 aliphatic heterocycles. The fourth-order valence-corrected chi connectivity index (χ4v) is 2.53. The summed E-state index contributed by atoms with van der Waals surface area (Å²) in [5, 5.41) is 10.8. The highest BCUT2D eigenvalue weighted by Gasteiger charge is 2.13. The molecule has 0 spiro atoms. The average molecular weight is 489 g/mol. The van der Waals surface area contributed by atoms with E-state index in [0.29, 0.717) is 29.8 Å². The van der Waals surface area contributed by atoms with Crippen LogP contribution in [0.1, 0.15) is 12.0 Å². The number of nitrogens with one attached hydrogen (secondary N) is 2. The van der Waals surface area contributed by atoms with Crippen molar-refractivity contribution in [3.8, 4) is 17.2 Å². The number of ether oxygens (including phenoxy) is 3. The van der Waals surface area contributed by atoms with E-state index in [4.69, 9.17) is 14.2 Å². The Morgan fingerprint density at radius 1 is 1.11 bits per heavy atom. The summed E-state index contributed by atoms with van der Waals surface area (Å²) in [6.45, 7) is 2.16. The first-order valence-corrected chi connectivity index (χ1v) is 8.42. The molecule has 27 heavy (non-hydrogen) atoms. The number of hydrogen-bond acceptors (Lipinski definition) is 5. The maximum atomic E-state index is 5.47. The molecule has 0 aliphatic rings. The summed E-state index contributed by atoms with van der Waals surface area (Å²) < 4.78 is 18.1. The Hall–Kier alpha value is -2.17. The van der Waals surface area contributed by atoms with E-state index in [9.17, 15) is 0 Å². The highest BCUT2D eigenvalue weighted by molar-refractivity contribution is 14.0. The molecule has 0 aliphatic carbocycles. The lowest BCUT2D eigenvalue weighted by molar-refractivity contribution is 0.368. The van der Waals surface area contributed by atoms with Crippen molar-refractivity contribution >= 4 is 29.9 Å². The Morgan fingerprint density at radius 2 is 1.81 bits per heavy atom. The van der Waals surface area contributed by atoms with Crippen molar-refractivity contribution in [2.45, 2.75) is 19.5 Å². The molecule has 2 rings (SSSR count). The third kappa shape index (κ3) is 6.81. The monoisotopic (exact) mass is 489 g/mol. The quantitative estimate of drug-likeness (QED) is 0.244. The van der Waals surface area contributed by atoms with Crippen molar-refractivity contribution in [1.29, 1.82) is 0 Å². The summed E-state index contributed by atoms with van der Waals surface area (Å²) in [6, 6.07) is 5.59. The molecule has 2 aromatic rings. The van der Waals surface area contributed by atoms with Gasteiger partial charge < -0.3 is 24.8 Å². The van der Waals surface area contributed by atoms with Crippen molar-refractivity contribution < 1.29 is 14.2 Å². The summed E-state index contributed by atoms with van der Waals surface area (Å²) in [4.78, 5) is 4.25. The Kier molecular flexibility index (Phi) is 10.4. The van der Waals surface area contributed by atoms with Gasteiger partial charge in [0.2, 0.25) is 0 Å². The van der Waals surface area contributed by atoms with Gasteiger partial charge in [-0.25, -0.2) is 0 Å². The molecule has 0 saturated heterocycles. The number of aryl methyl sites for hydroxylation is 1. The number of rotatable bonds is 9. The molecule has 0 unspecified atom stereocenters. The van der Waals surface area contributed by atoms with Crippen molar-refractivity contribution in [1.82, 2.24) is 20.4 Å². The molecule has 0 bridgehead atoms. The van der Waals surface area contributed by atoms with E-state index in [1.54, 1.807) is 34.6 Å². The van der Waals surface area contributed by atoms with E-state index in [0.717, 1.165) is 25.1 Å². The van der Waals surface area contributed by atoms with Gasteiger partial charge in [-0.3, -0.25) is 9.67 Å². The van der Waals surface area contributed by atoms with E-state index in [-0.39, 0.29) is 24.0 Å². The van der Waals surface area contributed by atoms with E-state index < -0.39 is 0 Å². The number of methoxy groups -OCH3 is 3. The fourth-order valence-electron chi connectivity index (χ4n) is 2.53. The fraction of sp³-hybridized carbons (Fsp3) is 0.444. The van der Waals surface area contributed by atoms with Crippen LogP contribution < -0.4 is 24.8 Å². The van der Waals surface area contributed by atoms with Crippen LogP contribution in [0.5, 0.6) is 17.2 Å². The van der Waals surface area contributed by atoms with Crippen molar-refractivity contribution in [3.05, 3.63) is 36.2 Å². The number of hydrogen-bond donors (Lipinski definition) is 2. The van der Waals surface area contributed by atoms with Crippen molar-refractivity contribution in [2.24, 2.45) is 4.99 Å². The number of aliphatic imine (C=N–C) groups is 1. The van der Waals surface area contributed by atoms with Gasteiger partial charge in [0.05, 0.1) is 33.4 Å². The Labute approximate surface area is 177 Å². The second-order valence-corrected chi connectivity index (χ2v) is 5.49. The first-order chi connectivity index (χ1) is 12.7. The molecule has 1 aromatic carbocycles. The molecule has 1 aromatic heterocycles. The number of benzene rings is 1. The van der Waals surface area contributed by atoms with Gasteiger partial charge in [0.15, 0.2) is 5.96 Å². The van der Waals surface area contributed by atoms with Crippen LogP contribution in [-0.2, 0) is 13.1 Å². The summed E-state index contributed by atoms with van der Waals surface area (Å²) in [5.74, 6) is 2.79. The molecule has 8 nitrogen and oxygen atoms in total. The zero-order chi connectivity index (χ0) is 18.8. The SMILES string of the molecule is CN=C(NCCCn1cccn1)NCc1c(OC)cc(OC)cc1OC.I. The minimum Gasteiger partial charge on any atom is -0.496 e. The van der Waals surface area contributed by atoms with Crippen LogP contribution in [0, 0.1) is 0 Å². The standard InChI is InChI=1S/C18H27N5O3.HI/c1-19-18(20-7-5-9-23-10-6-8-22-23)21-13-15-16(25-3)11-14(24-2)12-17(15)26-4;/h6,8,10-12H,5,7,9,13H2,1-4H3,(H2,19,20,21);1H. The lowest BCUT2D eigenvalue weighted by atomic mass is 10.1. The van der Waals surface area contributed by atoms with Crippen LogP contribution in [-0.4, -0.2) is 50.7 Å². The molecular formula is C18H28IN5O3. The summed E-state index contributed by atoms with van der Waals surface area (Å²) in [6.07, 6.45) is 4.68. The average Bonchev–Trinajstić information content (AvgIpc) is 3.20. The van der Waals surface area contributed by atoms with Crippen molar-refractivity contribution in [2.75, 3.05) is 34.9 Å². The van der Waals surface area contributed by atoms with Gasteiger partial charge in [0.25, 0.3) is 0 Å². The van der Waals surface area contributed by atoms with Gasteiger partial charge in [0.1, 0.15) is 17.2 Å². The normalized spacial score (nSPS) is 10.7. The molecule has 0 saturated carbocycles. The number of halogens is 1. The minimum absolute atomic E-state index is 0. The van der Waals surface area contributed by atoms with Gasteiger partial charge in [-0.15, -0.1) is 24.0 Å². The lowest BCUT2D eigenvalue weighted by Gasteiger charge is -2.17. The first kappa shape index (κ1) is 22.9. The Balaban J connectivity index is 0.00000364. The number of aromatic nitrogens is 2. The van der Waals surface area contributed by atoms with Gasteiger partial charge in [-0.05, 0) is 12.5 Å². The smallest absolute Gasteiger partial charge is 0.191 e. The van der Waals surface area contributed by atoms with Crippen LogP contribution in [0.2, 0.25) is 0 Å². The van der Waals surface area contributed by atoms with Crippen LogP contribution in [0.25, 0.3) is 0 Å². The molecule has 9 heteroatoms. The third-order valence-corrected chi connectivity index (χ3v) is 3.89. The highest BCUT2D eigenvalue weighted by atomic mass is 127. The van der Waals surface area contributed by atoms with E-state index in [1.165, 1.54) is 0 Å². The van der Waals surface area contributed by atoms with Gasteiger partial charge in [-0.2, -0.15) is 5.10 Å². The second-order valence-electron chi connectivity index (χ2n) is 5.49. The maximum absolute atomic E-state index is 5.47. The van der Waals surface area contributed by atoms with Gasteiger partial charge in [-0.1, -0.05) is 0 Å². The van der Waals surface area contributed by atoms with Crippen LogP contribution in [0.15, 0.2) is 35.6 Å². The van der Waals surface area contributed by atoms with Crippen LogP contribution in [0.3, 0.4) is 0 Å². The largest absolute Gasteiger partial charge is 0.496 e. The van der Waals surface area contributed by atoms with E-state index in [1.807, 2.05) is 29.1 Å². The maximum Gasteiger partial charge on any atom is 0.191 e. The molecule has 0 atom stereocenters. The number of guanidine groups is 1. The topological polar surface area (TPSA) is 81.9 Å². The highest BCUT2D eigenvalue weighted by Crippen LogP contribution is 2.33. The summed E-state index contributed by atoms with van der Waals surface area (Å²) in [7, 11) is 6.60. The first-order valence-electron chi connectivity index (χ1n) is 8.42. The predicted octanol–water partition coefficient (Wildman–Crippen LogP) is 2.28. The summed E-state index contributed by atoms with van der Waals surface area (Å²) in [5.41, 5.74) is 0.898. The van der Waals surface area contributed by atoms with Gasteiger partial charge in [0, 0.05) is 44.7 Å². The molecule has 1 heterocycles. The second kappa shape index (κ2) is 12.3. The third-order valence-electron chi connectivity index (χ3n) is 3.89. The molecule has 0 amide bonds. The van der Waals surface area contributed by atoms with Gasteiger partial charge >= 0.3 is 0 Å². The zero-order valence-electron chi connectivity index (χ0n) is 16.2. The van der Waals surface area contributed by atoms with E-state index >= 15 is 0 Å². The predicted molar refractivity (Wildman–Crippen MR) is 117 cm³/mol. The number of nitrogens with zero attached hydrogens (tertiary/aromatic N) is 3. The summed E-state index contributed by atoms with van der Waals surface area (Å²) >= 11 is 0. The Bertz CT molecular complexity index is 682. The Morgan fingerprint density at radius 3 is 2.33 bits per heavy atom. The molecule has 0 fully saturated rings. The van der Waals surface area contributed by atoms with E-state index in [2.05, 4.69) is 20.7 Å². The lowest BCUT2D eigenvalue weighted by Crippen LogP contribution is -2.37. The minimum atomic E-state index is 0. The molecular weight excluding hydrogens is 461 g/mol. The zero-order valence-corrected chi connectivity index (χ0v) is 18.5. The van der Waals surface area contributed by atoms with Crippen LogP contribution in [0.4, 0.5) is 0 Å². The molecule has 0 radical (unpaired) electrons. The molecule has 2 N–H and O–H groups in total.